The monoisotopic (exact) mass is 132 g/mol. The first-order valence-electron chi connectivity index (χ1n) is 3.65. The van der Waals surface area contributed by atoms with Gasteiger partial charge in [0.15, 0.2) is 0 Å². The Labute approximate surface area is 61.1 Å². The average Bonchev–Trinajstić information content (AvgIpc) is 2.71. The molecule has 0 unspecified atom stereocenters. The maximum Gasteiger partial charge on any atom is 0.143 e. The van der Waals surface area contributed by atoms with Gasteiger partial charge in [-0.05, 0) is 12.8 Å². The van der Waals surface area contributed by atoms with Crippen molar-refractivity contribution < 1.29 is 0 Å². The summed E-state index contributed by atoms with van der Waals surface area (Å²) in [6, 6.07) is 0. The molecule has 2 rings (SSSR count). The van der Waals surface area contributed by atoms with Crippen LogP contribution in [0.4, 0.5) is 0 Å². The minimum absolute atomic E-state index is 0.681. The summed E-state index contributed by atoms with van der Waals surface area (Å²) in [6.45, 7) is 0. The van der Waals surface area contributed by atoms with Gasteiger partial charge in [-0.15, -0.1) is 0 Å². The Balaban J connectivity index is 2.28. The van der Waals surface area contributed by atoms with Crippen LogP contribution < -0.4 is 5.46 Å². The van der Waals surface area contributed by atoms with Crippen LogP contribution in [0.5, 0.6) is 0 Å². The van der Waals surface area contributed by atoms with Gasteiger partial charge in [0, 0.05) is 18.3 Å². The van der Waals surface area contributed by atoms with Crippen molar-refractivity contribution in [3.05, 3.63) is 18.2 Å². The molecule has 0 N–H and O–H groups in total. The van der Waals surface area contributed by atoms with Crippen molar-refractivity contribution in [3.8, 4) is 0 Å². The first kappa shape index (κ1) is 5.89. The van der Waals surface area contributed by atoms with Crippen molar-refractivity contribution in [2.75, 3.05) is 0 Å². The minimum atomic E-state index is 0.681. The SMILES string of the molecule is Bc1cnc(C2CC2)nc1. The van der Waals surface area contributed by atoms with Crippen LogP contribution in [0.3, 0.4) is 0 Å². The summed E-state index contributed by atoms with van der Waals surface area (Å²) in [5.74, 6) is 1.71. The molecule has 2 nitrogen and oxygen atoms in total. The second-order valence-corrected chi connectivity index (χ2v) is 2.89. The molecule has 1 aliphatic carbocycles. The topological polar surface area (TPSA) is 25.8 Å². The zero-order valence-corrected chi connectivity index (χ0v) is 6.04. The van der Waals surface area contributed by atoms with Crippen LogP contribution >= 0.6 is 0 Å². The average molecular weight is 132 g/mol. The summed E-state index contributed by atoms with van der Waals surface area (Å²) in [6.07, 6.45) is 6.34. The normalized spacial score (nSPS) is 17.2. The molecule has 0 bridgehead atoms. The van der Waals surface area contributed by atoms with E-state index in [-0.39, 0.29) is 0 Å². The van der Waals surface area contributed by atoms with Gasteiger partial charge >= 0.3 is 0 Å². The summed E-state index contributed by atoms with van der Waals surface area (Å²) >= 11 is 0. The van der Waals surface area contributed by atoms with Crippen molar-refractivity contribution in [1.82, 2.24) is 9.97 Å². The lowest BCUT2D eigenvalue weighted by molar-refractivity contribution is 0.932. The molecule has 0 spiro atoms. The quantitative estimate of drug-likeness (QED) is 0.486. The van der Waals surface area contributed by atoms with Gasteiger partial charge in [0.25, 0.3) is 0 Å². The van der Waals surface area contributed by atoms with E-state index in [9.17, 15) is 0 Å². The molecule has 1 aromatic heterocycles. The minimum Gasteiger partial charge on any atom is -0.242 e. The van der Waals surface area contributed by atoms with Crippen molar-refractivity contribution in [2.24, 2.45) is 0 Å². The molecular weight excluding hydrogens is 123 g/mol. The van der Waals surface area contributed by atoms with Gasteiger partial charge < -0.3 is 0 Å². The summed E-state index contributed by atoms with van der Waals surface area (Å²) in [5.41, 5.74) is 1.14. The smallest absolute Gasteiger partial charge is 0.143 e. The molecule has 1 aliphatic rings. The highest BCUT2D eigenvalue weighted by Crippen LogP contribution is 2.37. The highest BCUT2D eigenvalue weighted by molar-refractivity contribution is 6.31. The van der Waals surface area contributed by atoms with E-state index < -0.39 is 0 Å². The molecule has 1 aromatic rings. The molecule has 3 heteroatoms. The van der Waals surface area contributed by atoms with Crippen LogP contribution in [-0.4, -0.2) is 17.8 Å². The molecule has 0 atom stereocenters. The molecule has 0 radical (unpaired) electrons. The lowest BCUT2D eigenvalue weighted by atomic mass is 10.0. The van der Waals surface area contributed by atoms with Gasteiger partial charge in [0.05, 0.1) is 0 Å². The molecule has 10 heavy (non-hydrogen) atoms. The van der Waals surface area contributed by atoms with E-state index in [1.165, 1.54) is 12.8 Å². The maximum atomic E-state index is 4.23. The van der Waals surface area contributed by atoms with E-state index in [2.05, 4.69) is 9.97 Å². The Morgan fingerprint density at radius 1 is 1.30 bits per heavy atom. The van der Waals surface area contributed by atoms with Crippen molar-refractivity contribution in [2.45, 2.75) is 18.8 Å². The van der Waals surface area contributed by atoms with Gasteiger partial charge in [-0.3, -0.25) is 0 Å². The van der Waals surface area contributed by atoms with Crippen LogP contribution in [0, 0.1) is 0 Å². The molecule has 0 amide bonds. The molecule has 1 saturated carbocycles. The van der Waals surface area contributed by atoms with E-state index in [1.807, 2.05) is 20.2 Å². The predicted molar refractivity (Wildman–Crippen MR) is 42.2 cm³/mol. The zero-order valence-electron chi connectivity index (χ0n) is 6.04. The van der Waals surface area contributed by atoms with Gasteiger partial charge in [-0.1, -0.05) is 5.46 Å². The molecular formula is C7H9BN2. The fourth-order valence-corrected chi connectivity index (χ4v) is 0.955. The predicted octanol–water partition coefficient (Wildman–Crippen LogP) is -0.388. The third-order valence-corrected chi connectivity index (χ3v) is 1.74. The van der Waals surface area contributed by atoms with E-state index in [1.54, 1.807) is 0 Å². The lowest BCUT2D eigenvalue weighted by Crippen LogP contribution is -2.06. The van der Waals surface area contributed by atoms with Crippen LogP contribution in [0.15, 0.2) is 12.4 Å². The third-order valence-electron chi connectivity index (χ3n) is 1.74. The van der Waals surface area contributed by atoms with Crippen molar-refractivity contribution in [1.29, 1.82) is 0 Å². The Morgan fingerprint density at radius 2 is 1.90 bits per heavy atom. The number of rotatable bonds is 1. The standard InChI is InChI=1S/C7H9BN2/c8-6-3-9-7(10-4-6)5-1-2-5/h3-5H,1-2,8H2. The Morgan fingerprint density at radius 3 is 2.40 bits per heavy atom. The van der Waals surface area contributed by atoms with Crippen LogP contribution in [0.1, 0.15) is 24.6 Å². The van der Waals surface area contributed by atoms with Gasteiger partial charge in [-0.25, -0.2) is 9.97 Å². The fraction of sp³-hybridized carbons (Fsp3) is 0.429. The Hall–Kier alpha value is -0.855. The molecule has 1 heterocycles. The van der Waals surface area contributed by atoms with Gasteiger partial charge in [0.2, 0.25) is 0 Å². The second-order valence-electron chi connectivity index (χ2n) is 2.89. The highest BCUT2D eigenvalue weighted by Gasteiger charge is 2.25. The van der Waals surface area contributed by atoms with Crippen molar-refractivity contribution in [3.63, 3.8) is 0 Å². The molecule has 0 aromatic carbocycles. The first-order valence-corrected chi connectivity index (χ1v) is 3.65. The fourth-order valence-electron chi connectivity index (χ4n) is 0.955. The van der Waals surface area contributed by atoms with Crippen LogP contribution in [0.2, 0.25) is 0 Å². The van der Waals surface area contributed by atoms with Gasteiger partial charge in [-0.2, -0.15) is 0 Å². The number of hydrogen-bond acceptors (Lipinski definition) is 2. The number of nitrogens with zero attached hydrogens (tertiary/aromatic N) is 2. The van der Waals surface area contributed by atoms with Crippen molar-refractivity contribution >= 4 is 13.3 Å². The number of aromatic nitrogens is 2. The van der Waals surface area contributed by atoms with E-state index >= 15 is 0 Å². The summed E-state index contributed by atoms with van der Waals surface area (Å²) < 4.78 is 0. The lowest BCUT2D eigenvalue weighted by Gasteiger charge is -1.94. The second kappa shape index (κ2) is 2.08. The summed E-state index contributed by atoms with van der Waals surface area (Å²) in [5, 5.41) is 0. The summed E-state index contributed by atoms with van der Waals surface area (Å²) in [7, 11) is 2.01. The van der Waals surface area contributed by atoms with Gasteiger partial charge in [0.1, 0.15) is 13.7 Å². The Bertz CT molecular complexity index is 228. The Kier molecular flexibility index (Phi) is 1.23. The van der Waals surface area contributed by atoms with E-state index in [0.717, 1.165) is 11.3 Å². The number of hydrogen-bond donors (Lipinski definition) is 0. The third kappa shape index (κ3) is 1.04. The molecule has 0 aliphatic heterocycles. The van der Waals surface area contributed by atoms with Crippen LogP contribution in [-0.2, 0) is 0 Å². The maximum absolute atomic E-state index is 4.23. The molecule has 1 fully saturated rings. The van der Waals surface area contributed by atoms with Crippen LogP contribution in [0.25, 0.3) is 0 Å². The first-order chi connectivity index (χ1) is 4.86. The molecule has 0 saturated heterocycles. The molecule has 50 valence electrons. The van der Waals surface area contributed by atoms with E-state index in [4.69, 9.17) is 0 Å². The highest BCUT2D eigenvalue weighted by atomic mass is 14.9. The van der Waals surface area contributed by atoms with E-state index in [0.29, 0.717) is 5.92 Å². The largest absolute Gasteiger partial charge is 0.242 e. The zero-order chi connectivity index (χ0) is 6.97. The summed E-state index contributed by atoms with van der Waals surface area (Å²) in [4.78, 5) is 8.46.